The van der Waals surface area contributed by atoms with Crippen LogP contribution in [0.1, 0.15) is 27.7 Å². The normalized spacial score (nSPS) is 12.5. The van der Waals surface area contributed by atoms with Crippen molar-refractivity contribution in [3.05, 3.63) is 30.3 Å². The second-order valence-corrected chi connectivity index (χ2v) is 8.32. The van der Waals surface area contributed by atoms with Crippen molar-refractivity contribution in [1.29, 1.82) is 0 Å². The first kappa shape index (κ1) is 11.7. The van der Waals surface area contributed by atoms with E-state index in [2.05, 4.69) is 27.7 Å². The van der Waals surface area contributed by atoms with Gasteiger partial charge in [0.1, 0.15) is 5.30 Å². The van der Waals surface area contributed by atoms with Crippen molar-refractivity contribution in [2.75, 3.05) is 0 Å². The molecule has 0 spiro atoms. The molecule has 1 rings (SSSR count). The summed E-state index contributed by atoms with van der Waals surface area (Å²) >= 11 is 0. The first-order valence-electron chi connectivity index (χ1n) is 5.16. The lowest BCUT2D eigenvalue weighted by molar-refractivity contribution is 0.585. The summed E-state index contributed by atoms with van der Waals surface area (Å²) in [5.74, 6) is 0. The average molecular weight is 211 g/mol. The van der Waals surface area contributed by atoms with Gasteiger partial charge in [0.15, 0.2) is 7.49 Å². The molecular formula is C12H20OP+. The molecule has 1 aromatic carbocycles. The molecule has 0 heterocycles. The van der Waals surface area contributed by atoms with Gasteiger partial charge in [0.05, 0.1) is 11.3 Å². The van der Waals surface area contributed by atoms with Crippen LogP contribution >= 0.6 is 7.49 Å². The van der Waals surface area contributed by atoms with Gasteiger partial charge in [0.25, 0.3) is 0 Å². The minimum atomic E-state index is -1.97. The van der Waals surface area contributed by atoms with Gasteiger partial charge in [0, 0.05) is 0 Å². The summed E-state index contributed by atoms with van der Waals surface area (Å²) in [6.45, 7) is 8.45. The second kappa shape index (κ2) is 4.42. The third kappa shape index (κ3) is 1.99. The first-order valence-corrected chi connectivity index (χ1v) is 7.04. The van der Waals surface area contributed by atoms with Gasteiger partial charge in [-0.05, 0) is 39.8 Å². The molecule has 0 radical (unpaired) electrons. The third-order valence-corrected chi connectivity index (χ3v) is 7.02. The Bertz CT molecular complexity index is 272. The summed E-state index contributed by atoms with van der Waals surface area (Å²) in [4.78, 5) is 10.7. The predicted octanol–water partition coefficient (Wildman–Crippen LogP) is 3.05. The number of hydrogen-bond donors (Lipinski definition) is 1. The van der Waals surface area contributed by atoms with Crippen LogP contribution in [-0.4, -0.2) is 16.2 Å². The molecule has 0 saturated heterocycles. The van der Waals surface area contributed by atoms with Crippen molar-refractivity contribution in [2.24, 2.45) is 0 Å². The summed E-state index contributed by atoms with van der Waals surface area (Å²) in [5, 5.41) is 1.13. The van der Waals surface area contributed by atoms with E-state index in [4.69, 9.17) is 0 Å². The zero-order valence-corrected chi connectivity index (χ0v) is 10.3. The molecule has 0 aliphatic carbocycles. The van der Waals surface area contributed by atoms with Crippen LogP contribution in [0.5, 0.6) is 0 Å². The molecule has 0 aliphatic rings. The van der Waals surface area contributed by atoms with Gasteiger partial charge in [0.2, 0.25) is 0 Å². The minimum Gasteiger partial charge on any atom is -0.246 e. The first-order chi connectivity index (χ1) is 6.49. The quantitative estimate of drug-likeness (QED) is 0.762. The summed E-state index contributed by atoms with van der Waals surface area (Å²) in [5.41, 5.74) is 0.676. The van der Waals surface area contributed by atoms with E-state index in [9.17, 15) is 4.89 Å². The molecule has 78 valence electrons. The fourth-order valence-corrected chi connectivity index (χ4v) is 4.89. The number of hydrogen-bond acceptors (Lipinski definition) is 1. The van der Waals surface area contributed by atoms with Crippen molar-refractivity contribution in [2.45, 2.75) is 39.0 Å². The molecule has 0 aromatic heterocycles. The standard InChI is InChI=1S/C12H20OP/c1-10(2)14(13,11(3)4)12-8-6-5-7-9-12/h5-11,13H,1-4H3/q+1. The highest BCUT2D eigenvalue weighted by molar-refractivity contribution is 7.78. The Morgan fingerprint density at radius 2 is 1.36 bits per heavy atom. The lowest BCUT2D eigenvalue weighted by Crippen LogP contribution is -2.25. The van der Waals surface area contributed by atoms with Crippen LogP contribution in [0.3, 0.4) is 0 Å². The molecule has 0 amide bonds. The lowest BCUT2D eigenvalue weighted by atomic mass is 10.4. The Balaban J connectivity index is 3.13. The maximum Gasteiger partial charge on any atom is 0.178 e. The van der Waals surface area contributed by atoms with Gasteiger partial charge < -0.3 is 0 Å². The third-order valence-electron chi connectivity index (χ3n) is 2.74. The molecule has 14 heavy (non-hydrogen) atoms. The van der Waals surface area contributed by atoms with E-state index in [1.807, 2.05) is 30.3 Å². The van der Waals surface area contributed by atoms with Crippen LogP contribution in [0.4, 0.5) is 0 Å². The smallest absolute Gasteiger partial charge is 0.178 e. The highest BCUT2D eigenvalue weighted by atomic mass is 31.2. The van der Waals surface area contributed by atoms with E-state index >= 15 is 0 Å². The van der Waals surface area contributed by atoms with Crippen LogP contribution in [0.25, 0.3) is 0 Å². The molecule has 2 heteroatoms. The predicted molar refractivity (Wildman–Crippen MR) is 65.5 cm³/mol. The Kier molecular flexibility index (Phi) is 3.69. The van der Waals surface area contributed by atoms with E-state index in [0.29, 0.717) is 11.3 Å². The van der Waals surface area contributed by atoms with Crippen LogP contribution in [-0.2, 0) is 0 Å². The van der Waals surface area contributed by atoms with Crippen LogP contribution in [0.15, 0.2) is 30.3 Å². The average Bonchev–Trinajstić information content (AvgIpc) is 2.17. The Labute approximate surface area is 87.6 Å². The summed E-state index contributed by atoms with van der Waals surface area (Å²) in [6, 6.07) is 10.1. The SMILES string of the molecule is CC(C)[P+](O)(c1ccccc1)C(C)C. The zero-order chi connectivity index (χ0) is 10.8. The molecule has 0 fully saturated rings. The van der Waals surface area contributed by atoms with Gasteiger partial charge in [-0.25, -0.2) is 4.89 Å². The lowest BCUT2D eigenvalue weighted by Gasteiger charge is -2.27. The summed E-state index contributed by atoms with van der Waals surface area (Å²) in [7, 11) is -1.97. The van der Waals surface area contributed by atoms with Crippen molar-refractivity contribution in [3.63, 3.8) is 0 Å². The zero-order valence-electron chi connectivity index (χ0n) is 9.44. The molecule has 0 atom stereocenters. The summed E-state index contributed by atoms with van der Waals surface area (Å²) < 4.78 is 0. The van der Waals surface area contributed by atoms with Gasteiger partial charge >= 0.3 is 0 Å². The molecule has 0 aliphatic heterocycles. The van der Waals surface area contributed by atoms with Crippen molar-refractivity contribution < 1.29 is 4.89 Å². The molecule has 0 unspecified atom stereocenters. The van der Waals surface area contributed by atoms with E-state index < -0.39 is 7.49 Å². The van der Waals surface area contributed by atoms with Gasteiger partial charge in [-0.1, -0.05) is 18.2 Å². The largest absolute Gasteiger partial charge is 0.246 e. The molecule has 0 saturated carbocycles. The fourth-order valence-electron chi connectivity index (χ4n) is 1.86. The van der Waals surface area contributed by atoms with Gasteiger partial charge in [-0.3, -0.25) is 0 Å². The highest BCUT2D eigenvalue weighted by Gasteiger charge is 2.45. The van der Waals surface area contributed by atoms with Gasteiger partial charge in [-0.2, -0.15) is 0 Å². The van der Waals surface area contributed by atoms with Crippen molar-refractivity contribution in [1.82, 2.24) is 0 Å². The van der Waals surface area contributed by atoms with E-state index in [1.54, 1.807) is 0 Å². The molecular weight excluding hydrogens is 191 g/mol. The van der Waals surface area contributed by atoms with Crippen molar-refractivity contribution >= 4 is 12.8 Å². The number of benzene rings is 1. The van der Waals surface area contributed by atoms with Gasteiger partial charge in [-0.15, -0.1) is 0 Å². The molecule has 1 aromatic rings. The monoisotopic (exact) mass is 211 g/mol. The molecule has 0 bridgehead atoms. The molecule has 1 N–H and O–H groups in total. The van der Waals surface area contributed by atoms with E-state index in [-0.39, 0.29) is 0 Å². The number of rotatable bonds is 3. The highest BCUT2D eigenvalue weighted by Crippen LogP contribution is 2.61. The maximum absolute atomic E-state index is 10.7. The topological polar surface area (TPSA) is 20.2 Å². The Hall–Kier alpha value is -0.390. The van der Waals surface area contributed by atoms with E-state index in [0.717, 1.165) is 5.30 Å². The fraction of sp³-hybridized carbons (Fsp3) is 0.500. The van der Waals surface area contributed by atoms with Crippen LogP contribution < -0.4 is 5.30 Å². The minimum absolute atomic E-state index is 0.338. The van der Waals surface area contributed by atoms with Crippen LogP contribution in [0, 0.1) is 0 Å². The summed E-state index contributed by atoms with van der Waals surface area (Å²) in [6.07, 6.45) is 0. The Morgan fingerprint density at radius 1 is 0.929 bits per heavy atom. The molecule has 1 nitrogen and oxygen atoms in total. The maximum atomic E-state index is 10.7. The van der Waals surface area contributed by atoms with Crippen molar-refractivity contribution in [3.8, 4) is 0 Å². The Morgan fingerprint density at radius 3 is 1.71 bits per heavy atom. The van der Waals surface area contributed by atoms with Crippen LogP contribution in [0.2, 0.25) is 0 Å². The second-order valence-electron chi connectivity index (χ2n) is 4.26. The van der Waals surface area contributed by atoms with E-state index in [1.165, 1.54) is 0 Å².